The van der Waals surface area contributed by atoms with E-state index in [9.17, 15) is 13.2 Å². The molecule has 2 rings (SSSR count). The second-order valence-electron chi connectivity index (χ2n) is 4.07. The van der Waals surface area contributed by atoms with E-state index >= 15 is 0 Å². The molecule has 0 aliphatic heterocycles. The Kier molecular flexibility index (Phi) is 4.69. The minimum atomic E-state index is -3.65. The highest BCUT2D eigenvalue weighted by atomic mass is 79.9. The van der Waals surface area contributed by atoms with Gasteiger partial charge in [0.15, 0.2) is 5.78 Å². The first-order valence-corrected chi connectivity index (χ1v) is 8.10. The quantitative estimate of drug-likeness (QED) is 0.840. The van der Waals surface area contributed by atoms with E-state index < -0.39 is 10.0 Å². The normalized spacial score (nSPS) is 11.2. The highest BCUT2D eigenvalue weighted by molar-refractivity contribution is 9.10. The molecule has 0 bridgehead atoms. The third-order valence-electron chi connectivity index (χ3n) is 2.64. The first kappa shape index (κ1) is 14.9. The number of carbonyl (C=O) groups excluding carboxylic acids is 1. The van der Waals surface area contributed by atoms with Gasteiger partial charge in [-0.2, -0.15) is 0 Å². The molecule has 2 aromatic carbocycles. The largest absolute Gasteiger partial charge is 0.293 e. The molecule has 0 spiro atoms. The Balaban J connectivity index is 2.05. The lowest BCUT2D eigenvalue weighted by Crippen LogP contribution is -2.29. The maximum atomic E-state index is 12.0. The van der Waals surface area contributed by atoms with E-state index in [4.69, 9.17) is 0 Å². The Morgan fingerprint density at radius 2 is 1.60 bits per heavy atom. The summed E-state index contributed by atoms with van der Waals surface area (Å²) in [6.07, 6.45) is 0. The van der Waals surface area contributed by atoms with Gasteiger partial charge in [0.25, 0.3) is 0 Å². The summed E-state index contributed by atoms with van der Waals surface area (Å²) >= 11 is 3.27. The molecule has 0 amide bonds. The van der Waals surface area contributed by atoms with Crippen LogP contribution in [0.25, 0.3) is 0 Å². The topological polar surface area (TPSA) is 63.2 Å². The maximum absolute atomic E-state index is 12.0. The van der Waals surface area contributed by atoms with Gasteiger partial charge in [-0.3, -0.25) is 4.79 Å². The van der Waals surface area contributed by atoms with Crippen LogP contribution < -0.4 is 4.72 Å². The summed E-state index contributed by atoms with van der Waals surface area (Å²) in [7, 11) is -3.65. The van der Waals surface area contributed by atoms with E-state index in [1.807, 2.05) is 0 Å². The molecule has 0 radical (unpaired) electrons. The number of sulfonamides is 1. The summed E-state index contributed by atoms with van der Waals surface area (Å²) in [5.41, 5.74) is 0.462. The Labute approximate surface area is 126 Å². The Bertz CT molecular complexity index is 697. The number of halogens is 1. The van der Waals surface area contributed by atoms with Crippen LogP contribution in [0.1, 0.15) is 10.4 Å². The average Bonchev–Trinajstić information content (AvgIpc) is 2.46. The Morgan fingerprint density at radius 1 is 1.00 bits per heavy atom. The van der Waals surface area contributed by atoms with Crippen molar-refractivity contribution in [1.29, 1.82) is 0 Å². The van der Waals surface area contributed by atoms with Crippen molar-refractivity contribution in [3.63, 3.8) is 0 Å². The molecule has 6 heteroatoms. The summed E-state index contributed by atoms with van der Waals surface area (Å²) < 4.78 is 27.1. The van der Waals surface area contributed by atoms with Crippen LogP contribution in [0.2, 0.25) is 0 Å². The van der Waals surface area contributed by atoms with Crippen molar-refractivity contribution in [3.8, 4) is 0 Å². The van der Waals surface area contributed by atoms with Crippen molar-refractivity contribution >= 4 is 31.7 Å². The minimum Gasteiger partial charge on any atom is -0.293 e. The van der Waals surface area contributed by atoms with E-state index in [0.717, 1.165) is 4.47 Å². The highest BCUT2D eigenvalue weighted by Gasteiger charge is 2.15. The van der Waals surface area contributed by atoms with Crippen LogP contribution in [0, 0.1) is 0 Å². The fourth-order valence-corrected chi connectivity index (χ4v) is 2.85. The van der Waals surface area contributed by atoms with Gasteiger partial charge in [-0.1, -0.05) is 46.3 Å². The molecular formula is C14H12BrNO3S. The monoisotopic (exact) mass is 353 g/mol. The molecule has 1 N–H and O–H groups in total. The molecule has 4 nitrogen and oxygen atoms in total. The molecule has 0 saturated heterocycles. The van der Waals surface area contributed by atoms with Gasteiger partial charge in [-0.05, 0) is 24.3 Å². The fourth-order valence-electron chi connectivity index (χ4n) is 1.58. The zero-order valence-corrected chi connectivity index (χ0v) is 12.8. The number of benzene rings is 2. The lowest BCUT2D eigenvalue weighted by Gasteiger charge is -2.06. The summed E-state index contributed by atoms with van der Waals surface area (Å²) in [4.78, 5) is 12.0. The highest BCUT2D eigenvalue weighted by Crippen LogP contribution is 2.11. The molecular weight excluding hydrogens is 342 g/mol. The SMILES string of the molecule is O=C(CNS(=O)(=O)c1ccccc1)c1ccc(Br)cc1. The standard InChI is InChI=1S/C14H12BrNO3S/c15-12-8-6-11(7-9-12)14(17)10-16-20(18,19)13-4-2-1-3-5-13/h1-9,16H,10H2. The number of ketones is 1. The molecule has 0 heterocycles. The van der Waals surface area contributed by atoms with Gasteiger partial charge in [0.1, 0.15) is 0 Å². The van der Waals surface area contributed by atoms with E-state index in [0.29, 0.717) is 5.56 Å². The number of hydrogen-bond donors (Lipinski definition) is 1. The third kappa shape index (κ3) is 3.75. The number of carbonyl (C=O) groups is 1. The first-order chi connectivity index (χ1) is 9.49. The predicted octanol–water partition coefficient (Wildman–Crippen LogP) is 2.61. The molecule has 20 heavy (non-hydrogen) atoms. The summed E-state index contributed by atoms with van der Waals surface area (Å²) in [5.74, 6) is -0.281. The van der Waals surface area contributed by atoms with E-state index in [1.165, 1.54) is 12.1 Å². The zero-order valence-electron chi connectivity index (χ0n) is 10.4. The van der Waals surface area contributed by atoms with Gasteiger partial charge in [-0.15, -0.1) is 0 Å². The molecule has 0 fully saturated rings. The van der Waals surface area contributed by atoms with Crippen LogP contribution in [0.4, 0.5) is 0 Å². The smallest absolute Gasteiger partial charge is 0.240 e. The van der Waals surface area contributed by atoms with E-state index in [1.54, 1.807) is 42.5 Å². The zero-order chi connectivity index (χ0) is 14.6. The third-order valence-corrected chi connectivity index (χ3v) is 4.59. The molecule has 0 aromatic heterocycles. The van der Waals surface area contributed by atoms with Gasteiger partial charge in [0, 0.05) is 10.0 Å². The van der Waals surface area contributed by atoms with Gasteiger partial charge < -0.3 is 0 Å². The van der Waals surface area contributed by atoms with Gasteiger partial charge in [0.05, 0.1) is 11.4 Å². The van der Waals surface area contributed by atoms with Crippen molar-refractivity contribution < 1.29 is 13.2 Å². The molecule has 2 aromatic rings. The fraction of sp³-hybridized carbons (Fsp3) is 0.0714. The lowest BCUT2D eigenvalue weighted by molar-refractivity contribution is 0.0997. The summed E-state index contributed by atoms with van der Waals surface area (Å²) in [5, 5.41) is 0. The maximum Gasteiger partial charge on any atom is 0.240 e. The van der Waals surface area contributed by atoms with Crippen LogP contribution in [0.15, 0.2) is 64.0 Å². The molecule has 0 aliphatic carbocycles. The van der Waals surface area contributed by atoms with Crippen molar-refractivity contribution in [3.05, 3.63) is 64.6 Å². The predicted molar refractivity (Wildman–Crippen MR) is 80.1 cm³/mol. The average molecular weight is 354 g/mol. The number of Topliss-reactive ketones (excluding diaryl/α,β-unsaturated/α-hetero) is 1. The molecule has 0 atom stereocenters. The van der Waals surface area contributed by atoms with Crippen LogP contribution in [-0.2, 0) is 10.0 Å². The van der Waals surface area contributed by atoms with Crippen molar-refractivity contribution in [2.45, 2.75) is 4.90 Å². The van der Waals surface area contributed by atoms with Crippen molar-refractivity contribution in [2.24, 2.45) is 0 Å². The van der Waals surface area contributed by atoms with Crippen molar-refractivity contribution in [2.75, 3.05) is 6.54 Å². The molecule has 0 saturated carbocycles. The van der Waals surface area contributed by atoms with Crippen LogP contribution in [0.5, 0.6) is 0 Å². The van der Waals surface area contributed by atoms with Gasteiger partial charge >= 0.3 is 0 Å². The van der Waals surface area contributed by atoms with E-state index in [-0.39, 0.29) is 17.2 Å². The first-order valence-electron chi connectivity index (χ1n) is 5.82. The number of hydrogen-bond acceptors (Lipinski definition) is 3. The Hall–Kier alpha value is -1.50. The van der Waals surface area contributed by atoms with E-state index in [2.05, 4.69) is 20.7 Å². The molecule has 0 aliphatic rings. The summed E-state index contributed by atoms with van der Waals surface area (Å²) in [6.45, 7) is -0.265. The van der Waals surface area contributed by atoms with Crippen LogP contribution in [0.3, 0.4) is 0 Å². The van der Waals surface area contributed by atoms with Crippen LogP contribution in [-0.4, -0.2) is 20.7 Å². The number of nitrogens with one attached hydrogen (secondary N) is 1. The van der Waals surface area contributed by atoms with Crippen molar-refractivity contribution in [1.82, 2.24) is 4.72 Å². The second kappa shape index (κ2) is 6.30. The lowest BCUT2D eigenvalue weighted by atomic mass is 10.1. The van der Waals surface area contributed by atoms with Crippen LogP contribution >= 0.6 is 15.9 Å². The van der Waals surface area contributed by atoms with Gasteiger partial charge in [0.2, 0.25) is 10.0 Å². The number of rotatable bonds is 5. The second-order valence-corrected chi connectivity index (χ2v) is 6.75. The Morgan fingerprint density at radius 3 is 2.20 bits per heavy atom. The van der Waals surface area contributed by atoms with Gasteiger partial charge in [-0.25, -0.2) is 13.1 Å². The molecule has 0 unspecified atom stereocenters. The molecule has 104 valence electrons. The minimum absolute atomic E-state index is 0.142. The summed E-state index contributed by atoms with van der Waals surface area (Å²) in [6, 6.07) is 14.7.